The number of benzene rings is 2. The molecule has 0 aliphatic carbocycles. The summed E-state index contributed by atoms with van der Waals surface area (Å²) < 4.78 is 37.7. The van der Waals surface area contributed by atoms with Crippen molar-refractivity contribution < 1.29 is 22.7 Å². The Morgan fingerprint density at radius 2 is 1.75 bits per heavy atom. The van der Waals surface area contributed by atoms with Gasteiger partial charge in [-0.2, -0.15) is 0 Å². The van der Waals surface area contributed by atoms with Crippen LogP contribution in [0.2, 0.25) is 0 Å². The zero-order valence-electron chi connectivity index (χ0n) is 16.3. The fourth-order valence-electron chi connectivity index (χ4n) is 2.35. The van der Waals surface area contributed by atoms with Crippen LogP contribution in [0.4, 0.5) is 5.69 Å². The van der Waals surface area contributed by atoms with Crippen LogP contribution in [0.25, 0.3) is 0 Å². The number of para-hydroxylation sites is 1. The molecule has 0 aromatic heterocycles. The van der Waals surface area contributed by atoms with Gasteiger partial charge in [-0.15, -0.1) is 0 Å². The molecule has 0 aliphatic heterocycles. The molecule has 1 amide bonds. The van der Waals surface area contributed by atoms with E-state index in [9.17, 15) is 13.2 Å². The number of methoxy groups -OCH3 is 1. The molecule has 28 heavy (non-hydrogen) atoms. The number of hydrogen-bond acceptors (Lipinski definition) is 5. The first-order valence-electron chi connectivity index (χ1n) is 9.02. The van der Waals surface area contributed by atoms with Gasteiger partial charge in [0.2, 0.25) is 10.0 Å². The maximum atomic E-state index is 12.6. The molecule has 0 spiro atoms. The maximum absolute atomic E-state index is 12.6. The molecule has 0 bridgehead atoms. The topological polar surface area (TPSA) is 93.7 Å². The molecule has 0 heterocycles. The number of sulfonamides is 1. The first-order chi connectivity index (χ1) is 13.4. The highest BCUT2D eigenvalue weighted by Crippen LogP contribution is 2.21. The highest BCUT2D eigenvalue weighted by Gasteiger charge is 2.17. The van der Waals surface area contributed by atoms with Gasteiger partial charge in [0.25, 0.3) is 5.91 Å². The van der Waals surface area contributed by atoms with E-state index in [2.05, 4.69) is 10.0 Å². The molecule has 152 valence electrons. The SMILES string of the molecule is CCC(C)NS(=O)(=O)c1ccc(NC(=O)c2ccccc2OCCOC)cc1. The van der Waals surface area contributed by atoms with Gasteiger partial charge in [0.15, 0.2) is 0 Å². The van der Waals surface area contributed by atoms with Gasteiger partial charge in [-0.3, -0.25) is 4.79 Å². The fraction of sp³-hybridized carbons (Fsp3) is 0.350. The van der Waals surface area contributed by atoms with Gasteiger partial charge >= 0.3 is 0 Å². The Labute approximate surface area is 166 Å². The summed E-state index contributed by atoms with van der Waals surface area (Å²) in [7, 11) is -2.01. The van der Waals surface area contributed by atoms with Crippen LogP contribution < -0.4 is 14.8 Å². The predicted molar refractivity (Wildman–Crippen MR) is 108 cm³/mol. The minimum Gasteiger partial charge on any atom is -0.490 e. The van der Waals surface area contributed by atoms with Crippen molar-refractivity contribution in [1.82, 2.24) is 4.72 Å². The van der Waals surface area contributed by atoms with E-state index < -0.39 is 10.0 Å². The highest BCUT2D eigenvalue weighted by atomic mass is 32.2. The number of carbonyl (C=O) groups excluding carboxylic acids is 1. The lowest BCUT2D eigenvalue weighted by molar-refractivity contribution is 0.101. The van der Waals surface area contributed by atoms with E-state index >= 15 is 0 Å². The van der Waals surface area contributed by atoms with Crippen LogP contribution in [0.15, 0.2) is 53.4 Å². The monoisotopic (exact) mass is 406 g/mol. The molecule has 0 aliphatic rings. The number of hydrogen-bond donors (Lipinski definition) is 2. The summed E-state index contributed by atoms with van der Waals surface area (Å²) >= 11 is 0. The predicted octanol–water partition coefficient (Wildman–Crippen LogP) is 3.04. The van der Waals surface area contributed by atoms with Crippen molar-refractivity contribution in [2.45, 2.75) is 31.2 Å². The zero-order chi connectivity index (χ0) is 20.6. The lowest BCUT2D eigenvalue weighted by Crippen LogP contribution is -2.31. The standard InChI is InChI=1S/C20H26N2O5S/c1-4-15(2)22-28(24,25)17-11-9-16(10-12-17)21-20(23)18-7-5-6-8-19(18)27-14-13-26-3/h5-12,15,22H,4,13-14H2,1-3H3,(H,21,23). The molecule has 2 N–H and O–H groups in total. The summed E-state index contributed by atoms with van der Waals surface area (Å²) in [6.45, 7) is 4.45. The van der Waals surface area contributed by atoms with Gasteiger partial charge in [0.1, 0.15) is 12.4 Å². The van der Waals surface area contributed by atoms with Crippen LogP contribution in [0.3, 0.4) is 0 Å². The van der Waals surface area contributed by atoms with Crippen molar-refractivity contribution in [1.29, 1.82) is 0 Å². The zero-order valence-corrected chi connectivity index (χ0v) is 17.1. The van der Waals surface area contributed by atoms with Gasteiger partial charge in [0, 0.05) is 18.8 Å². The summed E-state index contributed by atoms with van der Waals surface area (Å²) in [5, 5.41) is 2.75. The second-order valence-corrected chi connectivity index (χ2v) is 7.96. The summed E-state index contributed by atoms with van der Waals surface area (Å²) in [5.41, 5.74) is 0.868. The number of rotatable bonds is 10. The minimum atomic E-state index is -3.58. The summed E-state index contributed by atoms with van der Waals surface area (Å²) in [6, 6.07) is 12.8. The third kappa shape index (κ3) is 6.05. The molecular formula is C20H26N2O5S. The molecule has 7 nitrogen and oxygen atoms in total. The van der Waals surface area contributed by atoms with Crippen molar-refractivity contribution in [3.8, 4) is 5.75 Å². The average molecular weight is 407 g/mol. The van der Waals surface area contributed by atoms with Crippen molar-refractivity contribution in [2.24, 2.45) is 0 Å². The number of carbonyl (C=O) groups is 1. The maximum Gasteiger partial charge on any atom is 0.259 e. The lowest BCUT2D eigenvalue weighted by atomic mass is 10.2. The first kappa shape index (κ1) is 21.9. The smallest absolute Gasteiger partial charge is 0.259 e. The molecule has 0 saturated carbocycles. The van der Waals surface area contributed by atoms with Gasteiger partial charge in [0.05, 0.1) is 17.1 Å². The third-order valence-electron chi connectivity index (χ3n) is 4.07. The lowest BCUT2D eigenvalue weighted by Gasteiger charge is -2.13. The van der Waals surface area contributed by atoms with E-state index in [-0.39, 0.29) is 16.8 Å². The Bertz CT molecular complexity index is 882. The minimum absolute atomic E-state index is 0.147. The Kier molecular flexibility index (Phi) is 7.98. The van der Waals surface area contributed by atoms with E-state index in [0.717, 1.165) is 0 Å². The van der Waals surface area contributed by atoms with Crippen molar-refractivity contribution in [3.05, 3.63) is 54.1 Å². The van der Waals surface area contributed by atoms with Crippen LogP contribution in [0.5, 0.6) is 5.75 Å². The van der Waals surface area contributed by atoms with Crippen LogP contribution in [-0.4, -0.2) is 40.7 Å². The van der Waals surface area contributed by atoms with E-state index in [4.69, 9.17) is 9.47 Å². The van der Waals surface area contributed by atoms with Crippen LogP contribution in [0, 0.1) is 0 Å². The second-order valence-electron chi connectivity index (χ2n) is 6.25. The average Bonchev–Trinajstić information content (AvgIpc) is 2.68. The van der Waals surface area contributed by atoms with Gasteiger partial charge < -0.3 is 14.8 Å². The molecule has 0 saturated heterocycles. The largest absolute Gasteiger partial charge is 0.490 e. The second kappa shape index (κ2) is 10.2. The molecule has 8 heteroatoms. The molecule has 1 unspecified atom stereocenters. The van der Waals surface area contributed by atoms with E-state index in [1.165, 1.54) is 12.1 Å². The van der Waals surface area contributed by atoms with E-state index in [1.54, 1.807) is 50.4 Å². The van der Waals surface area contributed by atoms with Crippen LogP contribution in [-0.2, 0) is 14.8 Å². The number of ether oxygens (including phenoxy) is 2. The van der Waals surface area contributed by atoms with E-state index in [0.29, 0.717) is 36.6 Å². The van der Waals surface area contributed by atoms with Crippen LogP contribution >= 0.6 is 0 Å². The Balaban J connectivity index is 2.09. The molecular weight excluding hydrogens is 380 g/mol. The number of nitrogens with one attached hydrogen (secondary N) is 2. The molecule has 0 radical (unpaired) electrons. The van der Waals surface area contributed by atoms with E-state index in [1.807, 2.05) is 6.92 Å². The molecule has 2 rings (SSSR count). The molecule has 2 aromatic rings. The summed E-state index contributed by atoms with van der Waals surface area (Å²) in [6.07, 6.45) is 0.694. The Morgan fingerprint density at radius 3 is 2.39 bits per heavy atom. The third-order valence-corrected chi connectivity index (χ3v) is 5.67. The number of anilines is 1. The Hall–Kier alpha value is -2.42. The van der Waals surface area contributed by atoms with Crippen LogP contribution in [0.1, 0.15) is 30.6 Å². The van der Waals surface area contributed by atoms with Gasteiger partial charge in [-0.25, -0.2) is 13.1 Å². The van der Waals surface area contributed by atoms with Gasteiger partial charge in [-0.05, 0) is 49.7 Å². The summed E-state index contributed by atoms with van der Waals surface area (Å²) in [5.74, 6) is 0.107. The van der Waals surface area contributed by atoms with Crippen molar-refractivity contribution in [3.63, 3.8) is 0 Å². The quantitative estimate of drug-likeness (QED) is 0.592. The summed E-state index contributed by atoms with van der Waals surface area (Å²) in [4.78, 5) is 12.7. The Morgan fingerprint density at radius 1 is 1.07 bits per heavy atom. The molecule has 0 fully saturated rings. The highest BCUT2D eigenvalue weighted by molar-refractivity contribution is 7.89. The molecule has 1 atom stereocenters. The number of amides is 1. The van der Waals surface area contributed by atoms with Gasteiger partial charge in [-0.1, -0.05) is 19.1 Å². The molecule has 2 aromatic carbocycles. The van der Waals surface area contributed by atoms with Crippen molar-refractivity contribution in [2.75, 3.05) is 25.6 Å². The van der Waals surface area contributed by atoms with Crippen molar-refractivity contribution >= 4 is 21.6 Å². The fourth-order valence-corrected chi connectivity index (χ4v) is 3.67. The normalized spacial score (nSPS) is 12.4. The first-order valence-corrected chi connectivity index (χ1v) is 10.5.